The summed E-state index contributed by atoms with van der Waals surface area (Å²) in [7, 11) is 0. The van der Waals surface area contributed by atoms with Gasteiger partial charge in [-0.1, -0.05) is 6.92 Å². The molecular formula is C16H27N7O2. The largest absolute Gasteiger partial charge is 0.450 e. The van der Waals surface area contributed by atoms with Crippen molar-refractivity contribution < 1.29 is 9.53 Å². The maximum atomic E-state index is 11.8. The highest BCUT2D eigenvalue weighted by Gasteiger charge is 2.24. The van der Waals surface area contributed by atoms with Crippen molar-refractivity contribution in [1.82, 2.24) is 25.0 Å². The number of piperazine rings is 2. The number of carbonyl (C=O) groups is 1. The molecule has 25 heavy (non-hydrogen) atoms. The Morgan fingerprint density at radius 2 is 1.72 bits per heavy atom. The average Bonchev–Trinajstić information content (AvgIpc) is 2.68. The SMILES string of the molecule is CCOC(=O)N1CCN(c2cnnc(N3CCN(CC)CC3)n2)CC1. The highest BCUT2D eigenvalue weighted by atomic mass is 16.6. The van der Waals surface area contributed by atoms with Gasteiger partial charge in [0.25, 0.3) is 0 Å². The standard InChI is InChI=1S/C16H27N7O2/c1-3-20-5-7-22(8-6-20)15-18-14(13-17-19-15)21-9-11-23(12-10-21)16(24)25-4-2/h13H,3-12H2,1-2H3. The van der Waals surface area contributed by atoms with E-state index in [2.05, 4.69) is 31.8 Å². The van der Waals surface area contributed by atoms with Gasteiger partial charge in [0.15, 0.2) is 5.82 Å². The summed E-state index contributed by atoms with van der Waals surface area (Å²) in [5.74, 6) is 1.52. The quantitative estimate of drug-likeness (QED) is 0.768. The van der Waals surface area contributed by atoms with Crippen molar-refractivity contribution in [1.29, 1.82) is 0 Å². The third kappa shape index (κ3) is 4.28. The fraction of sp³-hybridized carbons (Fsp3) is 0.750. The lowest BCUT2D eigenvalue weighted by Crippen LogP contribution is -2.49. The molecule has 2 fully saturated rings. The summed E-state index contributed by atoms with van der Waals surface area (Å²) in [6.45, 7) is 12.1. The van der Waals surface area contributed by atoms with Gasteiger partial charge in [-0.05, 0) is 13.5 Å². The van der Waals surface area contributed by atoms with Crippen molar-refractivity contribution in [3.05, 3.63) is 6.20 Å². The van der Waals surface area contributed by atoms with Crippen molar-refractivity contribution in [2.24, 2.45) is 0 Å². The maximum Gasteiger partial charge on any atom is 0.409 e. The van der Waals surface area contributed by atoms with Gasteiger partial charge in [0.2, 0.25) is 5.95 Å². The molecule has 0 bridgehead atoms. The van der Waals surface area contributed by atoms with Crippen LogP contribution < -0.4 is 9.80 Å². The minimum Gasteiger partial charge on any atom is -0.450 e. The number of hydrogen-bond donors (Lipinski definition) is 0. The van der Waals surface area contributed by atoms with Crippen LogP contribution in [0.2, 0.25) is 0 Å². The van der Waals surface area contributed by atoms with Gasteiger partial charge < -0.3 is 24.3 Å². The van der Waals surface area contributed by atoms with Crippen LogP contribution >= 0.6 is 0 Å². The second-order valence-electron chi connectivity index (χ2n) is 6.21. The fourth-order valence-electron chi connectivity index (χ4n) is 3.17. The van der Waals surface area contributed by atoms with E-state index in [0.29, 0.717) is 25.6 Å². The molecule has 2 saturated heterocycles. The molecule has 2 aliphatic rings. The number of nitrogens with zero attached hydrogens (tertiary/aromatic N) is 7. The fourth-order valence-corrected chi connectivity index (χ4v) is 3.17. The Balaban J connectivity index is 1.58. The summed E-state index contributed by atoms with van der Waals surface area (Å²) in [6.07, 6.45) is 1.46. The molecule has 9 heteroatoms. The highest BCUT2D eigenvalue weighted by molar-refractivity contribution is 5.68. The number of carbonyl (C=O) groups excluding carboxylic acids is 1. The molecule has 0 unspecified atom stereocenters. The van der Waals surface area contributed by atoms with E-state index in [-0.39, 0.29) is 6.09 Å². The number of anilines is 2. The summed E-state index contributed by atoms with van der Waals surface area (Å²) in [5.41, 5.74) is 0. The van der Waals surface area contributed by atoms with Crippen LogP contribution in [0.25, 0.3) is 0 Å². The maximum absolute atomic E-state index is 11.8. The van der Waals surface area contributed by atoms with Gasteiger partial charge in [-0.2, -0.15) is 10.1 Å². The third-order valence-electron chi connectivity index (χ3n) is 4.77. The minimum atomic E-state index is -0.238. The molecule has 0 aromatic carbocycles. The second kappa shape index (κ2) is 8.28. The highest BCUT2D eigenvalue weighted by Crippen LogP contribution is 2.17. The van der Waals surface area contributed by atoms with E-state index in [1.807, 2.05) is 6.92 Å². The molecule has 3 rings (SSSR count). The van der Waals surface area contributed by atoms with Crippen LogP contribution in [0, 0.1) is 0 Å². The van der Waals surface area contributed by atoms with E-state index in [9.17, 15) is 4.79 Å². The lowest BCUT2D eigenvalue weighted by atomic mass is 10.3. The van der Waals surface area contributed by atoms with Gasteiger partial charge in [-0.15, -0.1) is 5.10 Å². The molecule has 3 heterocycles. The summed E-state index contributed by atoms with van der Waals surface area (Å²) in [6, 6.07) is 0. The first-order valence-electron chi connectivity index (χ1n) is 9.05. The normalized spacial score (nSPS) is 19.2. The zero-order chi connectivity index (χ0) is 17.6. The van der Waals surface area contributed by atoms with Gasteiger partial charge >= 0.3 is 6.09 Å². The predicted octanol–water partition coefficient (Wildman–Crippen LogP) is 0.292. The molecule has 0 N–H and O–H groups in total. The summed E-state index contributed by atoms with van der Waals surface area (Å²) in [5, 5.41) is 8.35. The number of aromatic nitrogens is 3. The van der Waals surface area contributed by atoms with E-state index in [4.69, 9.17) is 9.72 Å². The van der Waals surface area contributed by atoms with E-state index in [1.54, 1.807) is 11.1 Å². The lowest BCUT2D eigenvalue weighted by Gasteiger charge is -2.36. The summed E-state index contributed by atoms with van der Waals surface area (Å²) in [4.78, 5) is 25.0. The van der Waals surface area contributed by atoms with Crippen molar-refractivity contribution in [2.75, 3.05) is 75.3 Å². The molecule has 2 aliphatic heterocycles. The first kappa shape index (κ1) is 17.7. The zero-order valence-electron chi connectivity index (χ0n) is 15.1. The van der Waals surface area contributed by atoms with Crippen LogP contribution in [0.15, 0.2) is 6.20 Å². The third-order valence-corrected chi connectivity index (χ3v) is 4.77. The molecule has 0 spiro atoms. The number of amides is 1. The Hall–Kier alpha value is -2.16. The molecular weight excluding hydrogens is 322 g/mol. The molecule has 0 atom stereocenters. The Morgan fingerprint density at radius 1 is 1.04 bits per heavy atom. The number of hydrogen-bond acceptors (Lipinski definition) is 8. The summed E-state index contributed by atoms with van der Waals surface area (Å²) < 4.78 is 5.06. The van der Waals surface area contributed by atoms with Crippen LogP contribution in [0.1, 0.15) is 13.8 Å². The van der Waals surface area contributed by atoms with Gasteiger partial charge in [0, 0.05) is 52.4 Å². The average molecular weight is 349 g/mol. The first-order valence-corrected chi connectivity index (χ1v) is 9.05. The number of ether oxygens (including phenoxy) is 1. The minimum absolute atomic E-state index is 0.238. The molecule has 1 aromatic rings. The van der Waals surface area contributed by atoms with Crippen LogP contribution in [-0.4, -0.2) is 96.6 Å². The van der Waals surface area contributed by atoms with Crippen molar-refractivity contribution in [2.45, 2.75) is 13.8 Å². The van der Waals surface area contributed by atoms with Crippen LogP contribution in [0.3, 0.4) is 0 Å². The Morgan fingerprint density at radius 3 is 2.36 bits per heavy atom. The zero-order valence-corrected chi connectivity index (χ0v) is 15.1. The summed E-state index contributed by atoms with van der Waals surface area (Å²) >= 11 is 0. The Kier molecular flexibility index (Phi) is 5.85. The molecule has 1 amide bonds. The van der Waals surface area contributed by atoms with Gasteiger partial charge in [0.1, 0.15) is 0 Å². The first-order chi connectivity index (χ1) is 12.2. The van der Waals surface area contributed by atoms with Gasteiger partial charge in [-0.3, -0.25) is 0 Å². The molecule has 9 nitrogen and oxygen atoms in total. The van der Waals surface area contributed by atoms with Crippen molar-refractivity contribution >= 4 is 17.9 Å². The van der Waals surface area contributed by atoms with Crippen molar-refractivity contribution in [3.63, 3.8) is 0 Å². The molecule has 0 radical (unpaired) electrons. The van der Waals surface area contributed by atoms with E-state index < -0.39 is 0 Å². The van der Waals surface area contributed by atoms with E-state index >= 15 is 0 Å². The Bertz CT molecular complexity index is 569. The molecule has 1 aromatic heterocycles. The van der Waals surface area contributed by atoms with Crippen LogP contribution in [-0.2, 0) is 4.74 Å². The monoisotopic (exact) mass is 349 g/mol. The predicted molar refractivity (Wildman–Crippen MR) is 95.0 cm³/mol. The second-order valence-corrected chi connectivity index (χ2v) is 6.21. The van der Waals surface area contributed by atoms with E-state index in [0.717, 1.165) is 51.6 Å². The molecule has 0 aliphatic carbocycles. The number of rotatable bonds is 4. The van der Waals surface area contributed by atoms with E-state index in [1.165, 1.54) is 0 Å². The topological polar surface area (TPSA) is 77.9 Å². The molecule has 0 saturated carbocycles. The van der Waals surface area contributed by atoms with Gasteiger partial charge in [0.05, 0.1) is 12.8 Å². The van der Waals surface area contributed by atoms with Crippen molar-refractivity contribution in [3.8, 4) is 0 Å². The van der Waals surface area contributed by atoms with Crippen LogP contribution in [0.5, 0.6) is 0 Å². The number of likely N-dealkylation sites (N-methyl/N-ethyl adjacent to an activating group) is 1. The van der Waals surface area contributed by atoms with Gasteiger partial charge in [-0.25, -0.2) is 4.79 Å². The lowest BCUT2D eigenvalue weighted by molar-refractivity contribution is 0.105. The Labute approximate surface area is 148 Å². The van der Waals surface area contributed by atoms with Crippen LogP contribution in [0.4, 0.5) is 16.6 Å². The molecule has 138 valence electrons. The smallest absolute Gasteiger partial charge is 0.409 e.